The zero-order valence-corrected chi connectivity index (χ0v) is 18.7. The van der Waals surface area contributed by atoms with Crippen LogP contribution in [-0.4, -0.2) is 32.2 Å². The van der Waals surface area contributed by atoms with Crippen molar-refractivity contribution in [3.63, 3.8) is 0 Å². The van der Waals surface area contributed by atoms with Crippen molar-refractivity contribution in [1.82, 2.24) is 9.71 Å². The third kappa shape index (κ3) is 5.55. The lowest BCUT2D eigenvalue weighted by molar-refractivity contribution is -0.136. The number of nitrogens with one attached hydrogen (secondary N) is 2. The van der Waals surface area contributed by atoms with Gasteiger partial charge in [-0.05, 0) is 61.2 Å². The Hall–Kier alpha value is -2.72. The summed E-state index contributed by atoms with van der Waals surface area (Å²) in [6.45, 7) is 1.97. The van der Waals surface area contributed by atoms with E-state index in [1.807, 2.05) is 6.92 Å². The maximum Gasteiger partial charge on any atom is 0.417 e. The number of fused-ring (bicyclic) bond motifs is 1. The largest absolute Gasteiger partial charge is 0.494 e. The summed E-state index contributed by atoms with van der Waals surface area (Å²) in [6.07, 6.45) is -3.54. The Balaban J connectivity index is 1.92. The molecular weight excluding hydrogens is 469 g/mol. The van der Waals surface area contributed by atoms with Crippen molar-refractivity contribution in [2.75, 3.05) is 12.9 Å². The van der Waals surface area contributed by atoms with Gasteiger partial charge in [-0.25, -0.2) is 13.1 Å². The smallest absolute Gasteiger partial charge is 0.417 e. The van der Waals surface area contributed by atoms with Crippen LogP contribution in [0.15, 0.2) is 36.4 Å². The Morgan fingerprint density at radius 3 is 2.56 bits per heavy atom. The molecule has 0 fully saturated rings. The number of H-pyrrole nitrogens is 1. The highest BCUT2D eigenvalue weighted by Gasteiger charge is 2.35. The molecule has 1 amide bonds. The number of sulfonamides is 1. The number of alkyl halides is 3. The Morgan fingerprint density at radius 1 is 1.22 bits per heavy atom. The normalized spacial score (nSPS) is 12.2. The summed E-state index contributed by atoms with van der Waals surface area (Å²) >= 11 is 5.98. The maximum atomic E-state index is 13.6. The zero-order chi connectivity index (χ0) is 23.7. The van der Waals surface area contributed by atoms with Crippen LogP contribution in [0.2, 0.25) is 5.02 Å². The van der Waals surface area contributed by atoms with E-state index in [4.69, 9.17) is 16.3 Å². The first kappa shape index (κ1) is 23.9. The number of benzene rings is 2. The van der Waals surface area contributed by atoms with Gasteiger partial charge in [-0.2, -0.15) is 13.2 Å². The average Bonchev–Trinajstić information content (AvgIpc) is 3.04. The van der Waals surface area contributed by atoms with Gasteiger partial charge >= 0.3 is 6.18 Å². The number of ether oxygens (including phenoxy) is 1. The molecule has 1 aromatic heterocycles. The summed E-state index contributed by atoms with van der Waals surface area (Å²) in [4.78, 5) is 15.1. The SMILES string of the molecule is Cc1cc(OCCCc2c(C(=O)NS(C)(=O)=O)[nH]c3cccc(C(F)(F)F)c23)ccc1Cl. The van der Waals surface area contributed by atoms with Crippen molar-refractivity contribution in [3.8, 4) is 5.75 Å². The molecule has 2 aromatic carbocycles. The first-order valence-electron chi connectivity index (χ1n) is 9.48. The van der Waals surface area contributed by atoms with Crippen molar-refractivity contribution in [2.24, 2.45) is 0 Å². The van der Waals surface area contributed by atoms with Gasteiger partial charge in [-0.3, -0.25) is 4.79 Å². The highest BCUT2D eigenvalue weighted by atomic mass is 35.5. The highest BCUT2D eigenvalue weighted by molar-refractivity contribution is 7.89. The van der Waals surface area contributed by atoms with Gasteiger partial charge < -0.3 is 9.72 Å². The average molecular weight is 489 g/mol. The number of carbonyl (C=O) groups is 1. The zero-order valence-electron chi connectivity index (χ0n) is 17.1. The summed E-state index contributed by atoms with van der Waals surface area (Å²) < 4.78 is 71.2. The second kappa shape index (κ2) is 9.03. The molecule has 0 spiro atoms. The summed E-state index contributed by atoms with van der Waals surface area (Å²) in [6, 6.07) is 8.63. The van der Waals surface area contributed by atoms with Gasteiger partial charge in [0.05, 0.1) is 18.4 Å². The van der Waals surface area contributed by atoms with Crippen LogP contribution in [0.25, 0.3) is 10.9 Å². The van der Waals surface area contributed by atoms with E-state index in [9.17, 15) is 26.4 Å². The molecule has 0 aliphatic rings. The number of halogens is 4. The van der Waals surface area contributed by atoms with E-state index in [1.165, 1.54) is 12.1 Å². The molecule has 3 rings (SSSR count). The molecule has 0 radical (unpaired) electrons. The molecular formula is C21H20ClF3N2O4S. The number of aryl methyl sites for hydroxylation is 2. The molecule has 2 N–H and O–H groups in total. The van der Waals surface area contributed by atoms with Crippen LogP contribution in [-0.2, 0) is 22.6 Å². The van der Waals surface area contributed by atoms with E-state index in [0.717, 1.165) is 17.9 Å². The topological polar surface area (TPSA) is 88.3 Å². The second-order valence-electron chi connectivity index (χ2n) is 7.27. The highest BCUT2D eigenvalue weighted by Crippen LogP contribution is 2.38. The van der Waals surface area contributed by atoms with Crippen LogP contribution in [0, 0.1) is 6.92 Å². The minimum absolute atomic E-state index is 0.0478. The molecule has 6 nitrogen and oxygen atoms in total. The quantitative estimate of drug-likeness (QED) is 0.465. The molecule has 0 aliphatic carbocycles. The predicted molar refractivity (Wildman–Crippen MR) is 116 cm³/mol. The van der Waals surface area contributed by atoms with Crippen LogP contribution in [0.3, 0.4) is 0 Å². The first-order valence-corrected chi connectivity index (χ1v) is 11.8. The molecule has 32 heavy (non-hydrogen) atoms. The van der Waals surface area contributed by atoms with Gasteiger partial charge in [-0.1, -0.05) is 17.7 Å². The standard InChI is InChI=1S/C21H20ClF3N2O4S/c1-12-11-13(8-9-16(12)22)31-10-4-5-14-18-15(21(23,24)25)6-3-7-17(18)26-19(14)20(28)27-32(2,29)30/h3,6-9,11,26H,4-5,10H2,1-2H3,(H,27,28). The minimum atomic E-state index is -4.65. The lowest BCUT2D eigenvalue weighted by Gasteiger charge is -2.11. The molecule has 1 heterocycles. The Bertz CT molecular complexity index is 1270. The van der Waals surface area contributed by atoms with Crippen LogP contribution < -0.4 is 9.46 Å². The van der Waals surface area contributed by atoms with E-state index in [2.05, 4.69) is 4.98 Å². The molecule has 11 heteroatoms. The van der Waals surface area contributed by atoms with Gasteiger partial charge in [0.15, 0.2) is 0 Å². The second-order valence-corrected chi connectivity index (χ2v) is 9.43. The van der Waals surface area contributed by atoms with Crippen molar-refractivity contribution in [1.29, 1.82) is 0 Å². The third-order valence-corrected chi connectivity index (χ3v) is 5.69. The Kier molecular flexibility index (Phi) is 6.75. The van der Waals surface area contributed by atoms with Gasteiger partial charge in [0.1, 0.15) is 11.4 Å². The molecule has 0 saturated heterocycles. The molecule has 0 unspecified atom stereocenters. The molecule has 172 valence electrons. The van der Waals surface area contributed by atoms with Gasteiger partial charge in [0.25, 0.3) is 5.91 Å². The van der Waals surface area contributed by atoms with Crippen LogP contribution in [0.5, 0.6) is 5.75 Å². The fourth-order valence-electron chi connectivity index (χ4n) is 3.36. The predicted octanol–water partition coefficient (Wildman–Crippen LogP) is 4.85. The minimum Gasteiger partial charge on any atom is -0.494 e. The lowest BCUT2D eigenvalue weighted by atomic mass is 10.0. The van der Waals surface area contributed by atoms with Gasteiger partial charge in [0.2, 0.25) is 10.0 Å². The summed E-state index contributed by atoms with van der Waals surface area (Å²) in [5, 5.41) is 0.415. The number of carbonyl (C=O) groups excluding carboxylic acids is 1. The van der Waals surface area contributed by atoms with Crippen molar-refractivity contribution in [3.05, 3.63) is 63.8 Å². The fraction of sp³-hybridized carbons (Fsp3) is 0.286. The summed E-state index contributed by atoms with van der Waals surface area (Å²) in [5.74, 6) is -0.474. The van der Waals surface area contributed by atoms with E-state index >= 15 is 0 Å². The van der Waals surface area contributed by atoms with Crippen LogP contribution >= 0.6 is 11.6 Å². The van der Waals surface area contributed by atoms with Gasteiger partial charge in [0, 0.05) is 15.9 Å². The van der Waals surface area contributed by atoms with E-state index < -0.39 is 27.7 Å². The number of hydrogen-bond acceptors (Lipinski definition) is 4. The molecule has 0 atom stereocenters. The molecule has 0 bridgehead atoms. The lowest BCUT2D eigenvalue weighted by Crippen LogP contribution is -2.30. The fourth-order valence-corrected chi connectivity index (χ4v) is 3.92. The Labute approximate surface area is 187 Å². The number of hydrogen-bond donors (Lipinski definition) is 2. The van der Waals surface area contributed by atoms with Crippen LogP contribution in [0.4, 0.5) is 13.2 Å². The number of rotatable bonds is 7. The van der Waals surface area contributed by atoms with Crippen molar-refractivity contribution >= 4 is 38.4 Å². The first-order chi connectivity index (χ1) is 14.9. The summed E-state index contributed by atoms with van der Waals surface area (Å²) in [5.41, 5.74) is -0.165. The van der Waals surface area contributed by atoms with E-state index in [0.29, 0.717) is 10.8 Å². The third-order valence-electron chi connectivity index (χ3n) is 4.71. The number of amides is 1. The number of aromatic nitrogens is 1. The Morgan fingerprint density at radius 2 is 1.94 bits per heavy atom. The molecule has 0 aliphatic heterocycles. The van der Waals surface area contributed by atoms with Crippen LogP contribution in [0.1, 0.15) is 33.6 Å². The number of aromatic amines is 1. The van der Waals surface area contributed by atoms with Crippen molar-refractivity contribution < 1.29 is 31.1 Å². The van der Waals surface area contributed by atoms with Crippen molar-refractivity contribution in [2.45, 2.75) is 25.9 Å². The van der Waals surface area contributed by atoms with Gasteiger partial charge in [-0.15, -0.1) is 0 Å². The summed E-state index contributed by atoms with van der Waals surface area (Å²) in [7, 11) is -3.91. The molecule has 0 saturated carbocycles. The monoisotopic (exact) mass is 488 g/mol. The van der Waals surface area contributed by atoms with E-state index in [1.54, 1.807) is 22.9 Å². The van der Waals surface area contributed by atoms with E-state index in [-0.39, 0.29) is 41.6 Å². The molecule has 3 aromatic rings. The maximum absolute atomic E-state index is 13.6.